The van der Waals surface area contributed by atoms with Crippen molar-refractivity contribution in [3.63, 3.8) is 0 Å². The van der Waals surface area contributed by atoms with E-state index in [4.69, 9.17) is 23.2 Å². The molecule has 1 N–H and O–H groups in total. The summed E-state index contributed by atoms with van der Waals surface area (Å²) in [5.41, 5.74) is 1.52. The molecule has 1 rings (SSSR count). The Morgan fingerprint density at radius 1 is 1.43 bits per heavy atom. The first-order chi connectivity index (χ1) is 6.65. The fraction of sp³-hybridized carbons (Fsp3) is 0.273. The van der Waals surface area contributed by atoms with Crippen LogP contribution in [0.25, 0.3) is 6.08 Å². The van der Waals surface area contributed by atoms with E-state index in [2.05, 4.69) is 0 Å². The van der Waals surface area contributed by atoms with Crippen molar-refractivity contribution in [2.45, 2.75) is 13.3 Å². The van der Waals surface area contributed by atoms with Crippen molar-refractivity contribution in [2.24, 2.45) is 0 Å². The van der Waals surface area contributed by atoms with E-state index in [0.717, 1.165) is 17.5 Å². The Labute approximate surface area is 94.0 Å². The number of phenolic OH excluding ortho intramolecular Hbond substituents is 1. The summed E-state index contributed by atoms with van der Waals surface area (Å²) in [5.74, 6) is 0.858. The number of aromatic hydroxyl groups is 1. The van der Waals surface area contributed by atoms with Gasteiger partial charge in [-0.3, -0.25) is 0 Å². The minimum atomic E-state index is 0.278. The number of alkyl halides is 1. The Kier molecular flexibility index (Phi) is 4.30. The molecule has 0 unspecified atom stereocenters. The molecular formula is C11H12Cl2O. The lowest BCUT2D eigenvalue weighted by atomic mass is 10.1. The van der Waals surface area contributed by atoms with E-state index in [9.17, 15) is 5.11 Å². The largest absolute Gasteiger partial charge is 0.507 e. The van der Waals surface area contributed by atoms with E-state index in [1.807, 2.05) is 19.1 Å². The molecule has 0 saturated heterocycles. The first-order valence-electron chi connectivity index (χ1n) is 4.36. The molecule has 0 radical (unpaired) electrons. The van der Waals surface area contributed by atoms with Gasteiger partial charge in [-0.25, -0.2) is 0 Å². The number of aryl methyl sites for hydroxylation is 1. The van der Waals surface area contributed by atoms with Gasteiger partial charge in [-0.1, -0.05) is 23.8 Å². The van der Waals surface area contributed by atoms with Gasteiger partial charge in [0.2, 0.25) is 0 Å². The van der Waals surface area contributed by atoms with Crippen LogP contribution in [0, 0.1) is 6.92 Å². The van der Waals surface area contributed by atoms with Crippen molar-refractivity contribution in [3.8, 4) is 5.75 Å². The average molecular weight is 231 g/mol. The highest BCUT2D eigenvalue weighted by atomic mass is 35.5. The third-order valence-electron chi connectivity index (χ3n) is 1.87. The molecule has 0 amide bonds. The maximum absolute atomic E-state index is 9.68. The molecule has 0 saturated carbocycles. The number of phenols is 1. The summed E-state index contributed by atoms with van der Waals surface area (Å²) in [6, 6.07) is 3.46. The number of benzene rings is 1. The second-order valence-electron chi connectivity index (χ2n) is 3.04. The molecule has 0 bridgehead atoms. The van der Waals surface area contributed by atoms with Gasteiger partial charge in [0.15, 0.2) is 0 Å². The quantitative estimate of drug-likeness (QED) is 0.779. The number of hydrogen-bond donors (Lipinski definition) is 1. The van der Waals surface area contributed by atoms with Crippen LogP contribution in [0.1, 0.15) is 17.5 Å². The van der Waals surface area contributed by atoms with Crippen LogP contribution in [0.2, 0.25) is 5.02 Å². The van der Waals surface area contributed by atoms with Gasteiger partial charge in [0.25, 0.3) is 0 Å². The van der Waals surface area contributed by atoms with E-state index in [1.54, 1.807) is 12.1 Å². The Morgan fingerprint density at radius 2 is 2.14 bits per heavy atom. The molecule has 0 aromatic heterocycles. The Balaban J connectivity index is 2.96. The summed E-state index contributed by atoms with van der Waals surface area (Å²) >= 11 is 11.4. The van der Waals surface area contributed by atoms with Gasteiger partial charge in [0.1, 0.15) is 5.75 Å². The fourth-order valence-electron chi connectivity index (χ4n) is 1.16. The van der Waals surface area contributed by atoms with Crippen LogP contribution in [0.3, 0.4) is 0 Å². The van der Waals surface area contributed by atoms with Gasteiger partial charge < -0.3 is 5.11 Å². The molecule has 1 aromatic rings. The highest BCUT2D eigenvalue weighted by Crippen LogP contribution is 2.27. The summed E-state index contributed by atoms with van der Waals surface area (Å²) in [6.07, 6.45) is 4.53. The normalized spacial score (nSPS) is 11.1. The zero-order valence-electron chi connectivity index (χ0n) is 7.93. The van der Waals surface area contributed by atoms with Crippen LogP contribution in [0.15, 0.2) is 18.2 Å². The maximum Gasteiger partial charge on any atom is 0.125 e. The van der Waals surface area contributed by atoms with Crippen LogP contribution < -0.4 is 0 Å². The van der Waals surface area contributed by atoms with Gasteiger partial charge in [-0.05, 0) is 31.0 Å². The molecule has 0 heterocycles. The second kappa shape index (κ2) is 5.28. The van der Waals surface area contributed by atoms with Crippen molar-refractivity contribution < 1.29 is 5.11 Å². The lowest BCUT2D eigenvalue weighted by Gasteiger charge is -2.03. The van der Waals surface area contributed by atoms with Gasteiger partial charge in [0, 0.05) is 16.5 Å². The number of hydrogen-bond acceptors (Lipinski definition) is 1. The topological polar surface area (TPSA) is 20.2 Å². The molecule has 76 valence electrons. The Morgan fingerprint density at radius 3 is 2.79 bits per heavy atom. The van der Waals surface area contributed by atoms with E-state index < -0.39 is 0 Å². The Hall–Kier alpha value is -0.660. The minimum Gasteiger partial charge on any atom is -0.507 e. The van der Waals surface area contributed by atoms with Crippen LogP contribution in [0.5, 0.6) is 5.75 Å². The predicted molar refractivity (Wildman–Crippen MR) is 62.2 cm³/mol. The molecule has 0 spiro atoms. The number of halogens is 2. The van der Waals surface area contributed by atoms with Gasteiger partial charge >= 0.3 is 0 Å². The summed E-state index contributed by atoms with van der Waals surface area (Å²) in [4.78, 5) is 0. The second-order valence-corrected chi connectivity index (χ2v) is 3.85. The average Bonchev–Trinajstić information content (AvgIpc) is 2.13. The van der Waals surface area contributed by atoms with Gasteiger partial charge in [-0.2, -0.15) is 0 Å². The highest BCUT2D eigenvalue weighted by Gasteiger charge is 2.02. The molecule has 0 aliphatic carbocycles. The lowest BCUT2D eigenvalue weighted by molar-refractivity contribution is 0.470. The molecule has 14 heavy (non-hydrogen) atoms. The molecule has 0 atom stereocenters. The highest BCUT2D eigenvalue weighted by molar-refractivity contribution is 6.30. The molecule has 3 heteroatoms. The van der Waals surface area contributed by atoms with Crippen LogP contribution in [0.4, 0.5) is 0 Å². The van der Waals surface area contributed by atoms with E-state index in [1.165, 1.54) is 0 Å². The lowest BCUT2D eigenvalue weighted by Crippen LogP contribution is -1.81. The van der Waals surface area contributed by atoms with E-state index in [0.29, 0.717) is 10.9 Å². The molecule has 0 fully saturated rings. The number of rotatable bonds is 3. The van der Waals surface area contributed by atoms with Crippen LogP contribution >= 0.6 is 23.2 Å². The van der Waals surface area contributed by atoms with Gasteiger partial charge in [-0.15, -0.1) is 11.6 Å². The Bertz CT molecular complexity index is 345. The summed E-state index contributed by atoms with van der Waals surface area (Å²) in [6.45, 7) is 1.82. The first kappa shape index (κ1) is 11.4. The molecule has 0 aliphatic rings. The molecule has 0 aliphatic heterocycles. The van der Waals surface area contributed by atoms with Crippen molar-refractivity contribution >= 4 is 29.3 Å². The van der Waals surface area contributed by atoms with Crippen molar-refractivity contribution in [1.82, 2.24) is 0 Å². The summed E-state index contributed by atoms with van der Waals surface area (Å²) < 4.78 is 0. The summed E-state index contributed by atoms with van der Waals surface area (Å²) in [7, 11) is 0. The molecular weight excluding hydrogens is 219 g/mol. The predicted octanol–water partition coefficient (Wildman–Crippen LogP) is 4.00. The minimum absolute atomic E-state index is 0.278. The van der Waals surface area contributed by atoms with E-state index in [-0.39, 0.29) is 5.75 Å². The summed E-state index contributed by atoms with van der Waals surface area (Å²) in [5, 5.41) is 10.3. The zero-order chi connectivity index (χ0) is 10.6. The molecule has 1 aromatic carbocycles. The third kappa shape index (κ3) is 2.93. The van der Waals surface area contributed by atoms with Crippen molar-refractivity contribution in [2.75, 3.05) is 5.88 Å². The van der Waals surface area contributed by atoms with Crippen LogP contribution in [-0.2, 0) is 0 Å². The van der Waals surface area contributed by atoms with E-state index >= 15 is 0 Å². The monoisotopic (exact) mass is 230 g/mol. The van der Waals surface area contributed by atoms with Crippen LogP contribution in [-0.4, -0.2) is 11.0 Å². The number of allylic oxidation sites excluding steroid dienone is 1. The third-order valence-corrected chi connectivity index (χ3v) is 2.30. The first-order valence-corrected chi connectivity index (χ1v) is 5.28. The smallest absolute Gasteiger partial charge is 0.125 e. The van der Waals surface area contributed by atoms with Gasteiger partial charge in [0.05, 0.1) is 0 Å². The maximum atomic E-state index is 9.68. The van der Waals surface area contributed by atoms with Crippen molar-refractivity contribution in [1.29, 1.82) is 0 Å². The zero-order valence-corrected chi connectivity index (χ0v) is 9.44. The fourth-order valence-corrected chi connectivity index (χ4v) is 1.57. The van der Waals surface area contributed by atoms with Crippen molar-refractivity contribution in [3.05, 3.63) is 34.4 Å². The molecule has 1 nitrogen and oxygen atoms in total. The standard InChI is InChI=1S/C11H12Cl2O/c1-8-6-10(13)7-9(11(8)14)4-2-3-5-12/h2,4,6-7,14H,3,5H2,1H3. The SMILES string of the molecule is Cc1cc(Cl)cc(C=CCCCl)c1O.